The van der Waals surface area contributed by atoms with Gasteiger partial charge in [-0.15, -0.1) is 0 Å². The van der Waals surface area contributed by atoms with E-state index >= 15 is 0 Å². The van der Waals surface area contributed by atoms with E-state index < -0.39 is 4.92 Å². The van der Waals surface area contributed by atoms with E-state index in [0.717, 1.165) is 6.42 Å². The Balaban J connectivity index is 2.45. The highest BCUT2D eigenvalue weighted by Gasteiger charge is 2.29. The lowest BCUT2D eigenvalue weighted by Crippen LogP contribution is -2.45. The molecule has 0 saturated carbocycles. The van der Waals surface area contributed by atoms with Gasteiger partial charge in [-0.05, 0) is 18.6 Å². The number of ether oxygens (including phenoxy) is 1. The van der Waals surface area contributed by atoms with Crippen molar-refractivity contribution in [2.75, 3.05) is 30.1 Å². The van der Waals surface area contributed by atoms with E-state index in [1.54, 1.807) is 18.2 Å². The predicted molar refractivity (Wildman–Crippen MR) is 73.2 cm³/mol. The smallest absolute Gasteiger partial charge is 0.316 e. The summed E-state index contributed by atoms with van der Waals surface area (Å²) in [5.41, 5.74) is 3.32. The van der Waals surface area contributed by atoms with Crippen LogP contribution in [0, 0.1) is 10.1 Å². The molecule has 1 aromatic carbocycles. The van der Waals surface area contributed by atoms with Crippen molar-refractivity contribution in [2.24, 2.45) is 5.84 Å². The average molecular weight is 266 g/mol. The maximum absolute atomic E-state index is 11.3. The quantitative estimate of drug-likeness (QED) is 0.487. The number of nitrogen functional groups attached to an aromatic ring is 1. The number of rotatable bonds is 4. The summed E-state index contributed by atoms with van der Waals surface area (Å²) in [4.78, 5) is 12.9. The van der Waals surface area contributed by atoms with Gasteiger partial charge < -0.3 is 15.1 Å². The van der Waals surface area contributed by atoms with Crippen molar-refractivity contribution in [1.82, 2.24) is 0 Å². The Morgan fingerprint density at radius 1 is 1.63 bits per heavy atom. The topological polar surface area (TPSA) is 93.7 Å². The molecule has 2 rings (SSSR count). The van der Waals surface area contributed by atoms with E-state index in [9.17, 15) is 10.1 Å². The molecule has 1 unspecified atom stereocenters. The van der Waals surface area contributed by atoms with Gasteiger partial charge in [0.25, 0.3) is 0 Å². The monoisotopic (exact) mass is 266 g/mol. The van der Waals surface area contributed by atoms with Crippen LogP contribution in [0.25, 0.3) is 0 Å². The van der Waals surface area contributed by atoms with E-state index in [1.165, 1.54) is 0 Å². The Kier molecular flexibility index (Phi) is 4.18. The zero-order chi connectivity index (χ0) is 13.8. The second-order valence-electron chi connectivity index (χ2n) is 4.41. The maximum Gasteiger partial charge on any atom is 0.316 e. The van der Waals surface area contributed by atoms with Crippen molar-refractivity contribution in [3.63, 3.8) is 0 Å². The second kappa shape index (κ2) is 5.85. The first-order valence-corrected chi connectivity index (χ1v) is 6.27. The van der Waals surface area contributed by atoms with Crippen LogP contribution in [0.1, 0.15) is 13.3 Å². The number of nitrogens with one attached hydrogen (secondary N) is 1. The molecule has 1 heterocycles. The molecule has 3 N–H and O–H groups in total. The minimum atomic E-state index is -0.396. The van der Waals surface area contributed by atoms with Gasteiger partial charge in [0.05, 0.1) is 24.2 Å². The molecule has 7 nitrogen and oxygen atoms in total. The normalized spacial score (nSPS) is 19.3. The van der Waals surface area contributed by atoms with Crippen LogP contribution in [0.15, 0.2) is 18.2 Å². The molecule has 0 aromatic heterocycles. The molecular formula is C12H18N4O3. The standard InChI is InChI=1S/C12H18N4O3/c1-2-9-8-19-7-6-15(9)11-5-3-4-10(14-13)12(11)16(17)18/h3-5,9,14H,2,6-8,13H2,1H3. The number of nitrogens with two attached hydrogens (primary N) is 1. The van der Waals surface area contributed by atoms with Crippen LogP contribution in [0.5, 0.6) is 0 Å². The number of nitro benzene ring substituents is 1. The minimum Gasteiger partial charge on any atom is -0.377 e. The number of hydrogen-bond acceptors (Lipinski definition) is 6. The third-order valence-electron chi connectivity index (χ3n) is 3.36. The van der Waals surface area contributed by atoms with Crippen LogP contribution in [0.3, 0.4) is 0 Å². The molecule has 1 fully saturated rings. The molecule has 0 amide bonds. The first-order chi connectivity index (χ1) is 9.19. The average Bonchev–Trinajstić information content (AvgIpc) is 2.46. The van der Waals surface area contributed by atoms with E-state index in [4.69, 9.17) is 10.6 Å². The molecule has 1 aliphatic heterocycles. The van der Waals surface area contributed by atoms with Crippen LogP contribution in [-0.4, -0.2) is 30.7 Å². The summed E-state index contributed by atoms with van der Waals surface area (Å²) in [7, 11) is 0. The fourth-order valence-electron chi connectivity index (χ4n) is 2.38. The summed E-state index contributed by atoms with van der Waals surface area (Å²) in [6.45, 7) is 3.86. The van der Waals surface area contributed by atoms with Crippen molar-refractivity contribution in [3.8, 4) is 0 Å². The highest BCUT2D eigenvalue weighted by Crippen LogP contribution is 2.36. The highest BCUT2D eigenvalue weighted by molar-refractivity contribution is 5.77. The van der Waals surface area contributed by atoms with Crippen LogP contribution in [-0.2, 0) is 4.74 Å². The Labute approximate surface area is 111 Å². The van der Waals surface area contributed by atoms with Crippen molar-refractivity contribution in [3.05, 3.63) is 28.3 Å². The first kappa shape index (κ1) is 13.6. The van der Waals surface area contributed by atoms with E-state index in [2.05, 4.69) is 5.43 Å². The molecule has 1 aliphatic rings. The third-order valence-corrected chi connectivity index (χ3v) is 3.36. The Morgan fingerprint density at radius 2 is 2.42 bits per heavy atom. The zero-order valence-corrected chi connectivity index (χ0v) is 10.8. The lowest BCUT2D eigenvalue weighted by atomic mass is 10.1. The molecule has 0 aliphatic carbocycles. The SMILES string of the molecule is CCC1COCCN1c1cccc(NN)c1[N+](=O)[O-]. The van der Waals surface area contributed by atoms with Crippen molar-refractivity contribution in [2.45, 2.75) is 19.4 Å². The summed E-state index contributed by atoms with van der Waals surface area (Å²) in [6.07, 6.45) is 0.872. The van der Waals surface area contributed by atoms with E-state index in [-0.39, 0.29) is 11.7 Å². The third kappa shape index (κ3) is 2.61. The fraction of sp³-hybridized carbons (Fsp3) is 0.500. The van der Waals surface area contributed by atoms with Crippen molar-refractivity contribution >= 4 is 17.1 Å². The summed E-state index contributed by atoms with van der Waals surface area (Å²) in [5, 5.41) is 11.3. The van der Waals surface area contributed by atoms with Gasteiger partial charge in [0, 0.05) is 6.54 Å². The van der Waals surface area contributed by atoms with Gasteiger partial charge in [-0.2, -0.15) is 0 Å². The van der Waals surface area contributed by atoms with Crippen LogP contribution < -0.4 is 16.2 Å². The van der Waals surface area contributed by atoms with Gasteiger partial charge in [-0.3, -0.25) is 16.0 Å². The van der Waals surface area contributed by atoms with Gasteiger partial charge in [0.15, 0.2) is 0 Å². The Hall–Kier alpha value is -1.86. The number of para-hydroxylation sites is 1. The maximum atomic E-state index is 11.3. The molecule has 19 heavy (non-hydrogen) atoms. The number of morpholine rings is 1. The Morgan fingerprint density at radius 3 is 3.05 bits per heavy atom. The Bertz CT molecular complexity index is 466. The lowest BCUT2D eigenvalue weighted by Gasteiger charge is -2.36. The van der Waals surface area contributed by atoms with E-state index in [1.807, 2.05) is 11.8 Å². The summed E-state index contributed by atoms with van der Waals surface area (Å²) < 4.78 is 5.43. The number of hydrazine groups is 1. The van der Waals surface area contributed by atoms with Crippen molar-refractivity contribution < 1.29 is 9.66 Å². The molecule has 0 radical (unpaired) electrons. The largest absolute Gasteiger partial charge is 0.377 e. The molecule has 7 heteroatoms. The second-order valence-corrected chi connectivity index (χ2v) is 4.41. The van der Waals surface area contributed by atoms with Crippen LogP contribution in [0.2, 0.25) is 0 Å². The minimum absolute atomic E-state index is 0.0188. The number of benzene rings is 1. The molecule has 1 aromatic rings. The van der Waals surface area contributed by atoms with Crippen molar-refractivity contribution in [1.29, 1.82) is 0 Å². The number of nitro groups is 1. The van der Waals surface area contributed by atoms with Crippen LogP contribution >= 0.6 is 0 Å². The van der Waals surface area contributed by atoms with E-state index in [0.29, 0.717) is 31.1 Å². The number of nitrogens with zero attached hydrogens (tertiary/aromatic N) is 2. The molecule has 1 saturated heterocycles. The van der Waals surface area contributed by atoms with Gasteiger partial charge in [0.2, 0.25) is 0 Å². The fourth-order valence-corrected chi connectivity index (χ4v) is 2.38. The van der Waals surface area contributed by atoms with Gasteiger partial charge in [-0.25, -0.2) is 0 Å². The van der Waals surface area contributed by atoms with Gasteiger partial charge in [0.1, 0.15) is 11.4 Å². The summed E-state index contributed by atoms with van der Waals surface area (Å²) in [5.74, 6) is 5.36. The molecule has 1 atom stereocenters. The summed E-state index contributed by atoms with van der Waals surface area (Å²) in [6, 6.07) is 5.27. The highest BCUT2D eigenvalue weighted by atomic mass is 16.6. The zero-order valence-electron chi connectivity index (χ0n) is 10.8. The number of hydrogen-bond donors (Lipinski definition) is 2. The molecule has 104 valence electrons. The molecule has 0 spiro atoms. The first-order valence-electron chi connectivity index (χ1n) is 6.27. The van der Waals surface area contributed by atoms with Gasteiger partial charge >= 0.3 is 5.69 Å². The number of anilines is 2. The summed E-state index contributed by atoms with van der Waals surface area (Å²) >= 11 is 0. The molecular weight excluding hydrogens is 248 g/mol. The lowest BCUT2D eigenvalue weighted by molar-refractivity contribution is -0.383. The predicted octanol–water partition coefficient (Wildman–Crippen LogP) is 1.50. The molecule has 0 bridgehead atoms. The van der Waals surface area contributed by atoms with Crippen LogP contribution in [0.4, 0.5) is 17.1 Å². The van der Waals surface area contributed by atoms with Gasteiger partial charge in [-0.1, -0.05) is 13.0 Å².